The number of rotatable bonds is 10. The summed E-state index contributed by atoms with van der Waals surface area (Å²) in [6, 6.07) is 0. The van der Waals surface area contributed by atoms with Crippen LogP contribution in [0, 0.1) is 0 Å². The number of hydrogen-bond acceptors (Lipinski definition) is 4. The van der Waals surface area contributed by atoms with E-state index in [1.165, 1.54) is 25.4 Å². The van der Waals surface area contributed by atoms with Crippen molar-refractivity contribution in [3.05, 3.63) is 34.2 Å². The molecular weight excluding hydrogens is 299 g/mol. The number of allylic oxidation sites excluding steroid dienone is 5. The summed E-state index contributed by atoms with van der Waals surface area (Å²) in [6.07, 6.45) is 8.12. The lowest BCUT2D eigenvalue weighted by molar-refractivity contribution is 0.269. The van der Waals surface area contributed by atoms with E-state index in [1.54, 1.807) is 0 Å². The maximum atomic E-state index is 12.3. The highest BCUT2D eigenvalue weighted by Crippen LogP contribution is 2.55. The molecule has 0 atom stereocenters. The highest BCUT2D eigenvalue weighted by atomic mass is 31.2. The maximum Gasteiger partial charge on any atom is 0.359 e. The molecule has 1 N–H and O–H groups in total. The van der Waals surface area contributed by atoms with Crippen molar-refractivity contribution in [2.45, 2.75) is 53.4 Å². The Hall–Kier alpha value is -0.670. The summed E-state index contributed by atoms with van der Waals surface area (Å²) in [5, 5.41) is 9.83. The van der Waals surface area contributed by atoms with Crippen molar-refractivity contribution >= 4 is 7.60 Å². The summed E-state index contributed by atoms with van der Waals surface area (Å²) >= 11 is 0. The van der Waals surface area contributed by atoms with E-state index < -0.39 is 7.60 Å². The van der Waals surface area contributed by atoms with Gasteiger partial charge in [0.05, 0.1) is 11.9 Å². The van der Waals surface area contributed by atoms with Gasteiger partial charge < -0.3 is 14.2 Å². The average molecular weight is 330 g/mol. The second kappa shape index (κ2) is 11.0. The molecule has 0 saturated heterocycles. The second-order valence-electron chi connectivity index (χ2n) is 5.66. The van der Waals surface area contributed by atoms with Crippen LogP contribution < -0.4 is 0 Å². The summed E-state index contributed by atoms with van der Waals surface area (Å²) in [5.74, 6) is 0. The van der Waals surface area contributed by atoms with Crippen molar-refractivity contribution in [1.82, 2.24) is 0 Å². The molecule has 0 aromatic heterocycles. The molecule has 0 heterocycles. The fourth-order valence-corrected chi connectivity index (χ4v) is 3.46. The Morgan fingerprint density at radius 1 is 1.00 bits per heavy atom. The molecule has 0 aliphatic heterocycles. The second-order valence-corrected chi connectivity index (χ2v) is 7.92. The largest absolute Gasteiger partial charge is 0.391 e. The van der Waals surface area contributed by atoms with Gasteiger partial charge in [0.15, 0.2) is 0 Å². The lowest BCUT2D eigenvalue weighted by atomic mass is 10.1. The Morgan fingerprint density at radius 3 is 2.00 bits per heavy atom. The van der Waals surface area contributed by atoms with Crippen molar-refractivity contribution in [2.24, 2.45) is 0 Å². The van der Waals surface area contributed by atoms with E-state index >= 15 is 0 Å². The molecule has 0 saturated carbocycles. The molecule has 128 valence electrons. The van der Waals surface area contributed by atoms with Crippen molar-refractivity contribution in [3.8, 4) is 0 Å². The summed E-state index contributed by atoms with van der Waals surface area (Å²) in [4.78, 5) is 0. The van der Waals surface area contributed by atoms with Gasteiger partial charge in [-0.1, -0.05) is 28.9 Å². The third-order valence-corrected chi connectivity index (χ3v) is 5.70. The molecule has 0 radical (unpaired) electrons. The Morgan fingerprint density at radius 2 is 1.55 bits per heavy atom. The van der Waals surface area contributed by atoms with Crippen molar-refractivity contribution in [3.63, 3.8) is 0 Å². The summed E-state index contributed by atoms with van der Waals surface area (Å²) in [5.41, 5.74) is 3.55. The Balaban J connectivity index is 4.70. The minimum Gasteiger partial charge on any atom is -0.391 e. The predicted molar refractivity (Wildman–Crippen MR) is 93.1 cm³/mol. The Kier molecular flexibility index (Phi) is 10.6. The van der Waals surface area contributed by atoms with Crippen LogP contribution in [0.4, 0.5) is 0 Å². The molecule has 0 aliphatic carbocycles. The van der Waals surface area contributed by atoms with Gasteiger partial charge in [0, 0.05) is 14.2 Å². The van der Waals surface area contributed by atoms with Gasteiger partial charge in [-0.05, 0) is 53.4 Å². The van der Waals surface area contributed by atoms with Crippen molar-refractivity contribution in [2.75, 3.05) is 20.8 Å². The van der Waals surface area contributed by atoms with Crippen LogP contribution in [-0.2, 0) is 13.6 Å². The summed E-state index contributed by atoms with van der Waals surface area (Å²) in [6.45, 7) is 7.89. The first-order valence-electron chi connectivity index (χ1n) is 7.61. The zero-order chi connectivity index (χ0) is 17.2. The van der Waals surface area contributed by atoms with E-state index in [-0.39, 0.29) is 6.61 Å². The van der Waals surface area contributed by atoms with Crippen molar-refractivity contribution in [1.29, 1.82) is 0 Å². The van der Waals surface area contributed by atoms with Gasteiger partial charge in [0.1, 0.15) is 0 Å². The highest BCUT2D eigenvalue weighted by molar-refractivity contribution is 7.58. The van der Waals surface area contributed by atoms with E-state index in [9.17, 15) is 9.67 Å². The number of hydrogen-bond donors (Lipinski definition) is 1. The first-order valence-corrected chi connectivity index (χ1v) is 9.15. The zero-order valence-corrected chi connectivity index (χ0v) is 15.7. The Labute approximate surface area is 135 Å². The zero-order valence-electron chi connectivity index (χ0n) is 14.8. The van der Waals surface area contributed by atoms with E-state index in [1.807, 2.05) is 6.92 Å². The van der Waals surface area contributed by atoms with Crippen LogP contribution >= 0.6 is 7.60 Å². The number of aliphatic hydroxyl groups is 1. The third-order valence-electron chi connectivity index (χ3n) is 3.56. The monoisotopic (exact) mass is 330 g/mol. The van der Waals surface area contributed by atoms with E-state index in [2.05, 4.69) is 32.9 Å². The van der Waals surface area contributed by atoms with Gasteiger partial charge in [-0.25, -0.2) is 0 Å². The maximum absolute atomic E-state index is 12.3. The number of aliphatic hydroxyl groups excluding tert-OH is 1. The van der Waals surface area contributed by atoms with E-state index in [4.69, 9.17) is 9.05 Å². The highest BCUT2D eigenvalue weighted by Gasteiger charge is 2.28. The summed E-state index contributed by atoms with van der Waals surface area (Å²) < 4.78 is 22.3. The van der Waals surface area contributed by atoms with Crippen LogP contribution in [0.15, 0.2) is 34.2 Å². The summed E-state index contributed by atoms with van der Waals surface area (Å²) in [7, 11) is -0.671. The quantitative estimate of drug-likeness (QED) is 0.441. The topological polar surface area (TPSA) is 55.8 Å². The predicted octanol–water partition coefficient (Wildman–Crippen LogP) is 5.21. The smallest absolute Gasteiger partial charge is 0.359 e. The molecule has 5 heteroatoms. The minimum atomic E-state index is -3.34. The van der Waals surface area contributed by atoms with Gasteiger partial charge in [-0.2, -0.15) is 0 Å². The first-order chi connectivity index (χ1) is 10.3. The SMILES string of the molecule is COP(=O)(OC)/C(CO)=C(/C)CC/C=C(\C)CCC=C(C)C. The molecule has 0 rings (SSSR count). The van der Waals surface area contributed by atoms with E-state index in [0.717, 1.165) is 31.3 Å². The molecular formula is C17H31O4P. The molecule has 22 heavy (non-hydrogen) atoms. The van der Waals surface area contributed by atoms with Gasteiger partial charge in [-0.15, -0.1) is 0 Å². The van der Waals surface area contributed by atoms with Crippen LogP contribution in [0.2, 0.25) is 0 Å². The van der Waals surface area contributed by atoms with E-state index in [0.29, 0.717) is 5.31 Å². The molecule has 0 aromatic carbocycles. The molecule has 0 amide bonds. The van der Waals surface area contributed by atoms with Gasteiger partial charge in [-0.3, -0.25) is 4.57 Å². The van der Waals surface area contributed by atoms with Crippen LogP contribution in [0.25, 0.3) is 0 Å². The first kappa shape index (κ1) is 21.3. The molecule has 0 spiro atoms. The van der Waals surface area contributed by atoms with Gasteiger partial charge in [0.2, 0.25) is 0 Å². The molecule has 4 nitrogen and oxygen atoms in total. The van der Waals surface area contributed by atoms with Gasteiger partial charge in [0.25, 0.3) is 0 Å². The average Bonchev–Trinajstić information content (AvgIpc) is 2.47. The fourth-order valence-electron chi connectivity index (χ4n) is 2.12. The van der Waals surface area contributed by atoms with Crippen LogP contribution in [-0.4, -0.2) is 25.9 Å². The lowest BCUT2D eigenvalue weighted by Gasteiger charge is -2.18. The molecule has 0 bridgehead atoms. The standard InChI is InChI=1S/C17H31O4P/c1-14(2)9-7-10-15(3)11-8-12-16(4)17(13-18)22(19,20-5)21-6/h9,11,18H,7-8,10,12-13H2,1-6H3/b15-11+,17-16-. The Bertz CT molecular complexity index is 463. The molecule has 0 aliphatic rings. The minimum absolute atomic E-state index is 0.311. The van der Waals surface area contributed by atoms with Crippen molar-refractivity contribution < 1.29 is 18.7 Å². The van der Waals surface area contributed by atoms with Crippen LogP contribution in [0.1, 0.15) is 53.4 Å². The van der Waals surface area contributed by atoms with Crippen LogP contribution in [0.3, 0.4) is 0 Å². The normalized spacial score (nSPS) is 13.9. The molecule has 0 aromatic rings. The molecule has 0 fully saturated rings. The van der Waals surface area contributed by atoms with Gasteiger partial charge >= 0.3 is 7.60 Å². The molecule has 0 unspecified atom stereocenters. The van der Waals surface area contributed by atoms with Crippen LogP contribution in [0.5, 0.6) is 0 Å². The third kappa shape index (κ3) is 7.55. The lowest BCUT2D eigenvalue weighted by Crippen LogP contribution is -2.01. The fraction of sp³-hybridized carbons (Fsp3) is 0.647.